The van der Waals surface area contributed by atoms with E-state index in [0.29, 0.717) is 13.0 Å². The van der Waals surface area contributed by atoms with Gasteiger partial charge >= 0.3 is 5.97 Å². The van der Waals surface area contributed by atoms with Crippen LogP contribution in [0.4, 0.5) is 5.82 Å². The maximum atomic E-state index is 11.9. The molecular weight excluding hydrogens is 252 g/mol. The molecule has 104 valence electrons. The molecule has 1 aliphatic heterocycles. The fraction of sp³-hybridized carbons (Fsp3) is 0.545. The van der Waals surface area contributed by atoms with E-state index in [4.69, 9.17) is 15.7 Å². The summed E-state index contributed by atoms with van der Waals surface area (Å²) < 4.78 is 1.32. The summed E-state index contributed by atoms with van der Waals surface area (Å²) in [6.45, 7) is 0.610. The zero-order chi connectivity index (χ0) is 13.8. The van der Waals surface area contributed by atoms with Crippen LogP contribution in [0.1, 0.15) is 23.2 Å². The molecule has 1 saturated heterocycles. The van der Waals surface area contributed by atoms with Crippen LogP contribution in [0.3, 0.4) is 0 Å². The molecular formula is C11H16N4O4. The quantitative estimate of drug-likeness (QED) is 0.672. The van der Waals surface area contributed by atoms with Crippen LogP contribution in [0.25, 0.3) is 0 Å². The van der Waals surface area contributed by atoms with Crippen LogP contribution in [-0.2, 0) is 16.2 Å². The maximum absolute atomic E-state index is 11.9. The van der Waals surface area contributed by atoms with Gasteiger partial charge in [0, 0.05) is 6.54 Å². The number of aliphatic hydroxyl groups is 1. The van der Waals surface area contributed by atoms with Crippen LogP contribution in [-0.4, -0.2) is 51.4 Å². The van der Waals surface area contributed by atoms with Crippen molar-refractivity contribution in [2.24, 2.45) is 0 Å². The molecule has 1 aromatic heterocycles. The molecule has 0 aliphatic carbocycles. The molecule has 1 aromatic rings. The summed E-state index contributed by atoms with van der Waals surface area (Å²) in [6.07, 6.45) is 3.53. The number of aromatic nitrogens is 2. The lowest BCUT2D eigenvalue weighted by atomic mass is 10.2. The van der Waals surface area contributed by atoms with Gasteiger partial charge in [0.1, 0.15) is 23.7 Å². The Bertz CT molecular complexity index is 473. The maximum Gasteiger partial charge on any atom is 0.362 e. The Kier molecular flexibility index (Phi) is 4.13. The molecule has 0 saturated carbocycles. The van der Waals surface area contributed by atoms with Crippen LogP contribution in [0, 0.1) is 0 Å². The summed E-state index contributed by atoms with van der Waals surface area (Å²) in [6, 6.07) is -0.391. The highest BCUT2D eigenvalue weighted by molar-refractivity contribution is 5.93. The van der Waals surface area contributed by atoms with Crippen molar-refractivity contribution in [1.82, 2.24) is 14.8 Å². The van der Waals surface area contributed by atoms with Crippen LogP contribution in [0.5, 0.6) is 0 Å². The van der Waals surface area contributed by atoms with Crippen LogP contribution < -0.4 is 5.73 Å². The van der Waals surface area contributed by atoms with Crippen LogP contribution in [0.15, 0.2) is 6.20 Å². The Labute approximate surface area is 109 Å². The van der Waals surface area contributed by atoms with Crippen molar-refractivity contribution in [3.63, 3.8) is 0 Å². The molecule has 3 N–H and O–H groups in total. The molecule has 1 fully saturated rings. The van der Waals surface area contributed by atoms with Crippen molar-refractivity contribution in [3.8, 4) is 0 Å². The predicted octanol–water partition coefficient (Wildman–Crippen LogP) is -0.807. The summed E-state index contributed by atoms with van der Waals surface area (Å²) in [5, 5.41) is 14.1. The van der Waals surface area contributed by atoms with Gasteiger partial charge < -0.3 is 20.5 Å². The second-order valence-corrected chi connectivity index (χ2v) is 4.26. The first-order valence-corrected chi connectivity index (χ1v) is 6.03. The first kappa shape index (κ1) is 13.5. The number of hydroxylamine groups is 2. The summed E-state index contributed by atoms with van der Waals surface area (Å²) in [4.78, 5) is 27.9. The van der Waals surface area contributed by atoms with Gasteiger partial charge in [0.25, 0.3) is 0 Å². The zero-order valence-corrected chi connectivity index (χ0v) is 10.4. The van der Waals surface area contributed by atoms with E-state index in [1.165, 1.54) is 15.9 Å². The van der Waals surface area contributed by atoms with Gasteiger partial charge in [-0.2, -0.15) is 5.10 Å². The Morgan fingerprint density at radius 2 is 2.47 bits per heavy atom. The Balaban J connectivity index is 2.05. The van der Waals surface area contributed by atoms with E-state index in [2.05, 4.69) is 5.10 Å². The molecule has 1 aliphatic rings. The highest BCUT2D eigenvalue weighted by Crippen LogP contribution is 2.19. The Hall–Kier alpha value is -1.93. The third-order valence-electron chi connectivity index (χ3n) is 3.02. The highest BCUT2D eigenvalue weighted by Gasteiger charge is 2.29. The molecule has 19 heavy (non-hydrogen) atoms. The Morgan fingerprint density at radius 1 is 1.68 bits per heavy atom. The molecule has 8 nitrogen and oxygen atoms in total. The van der Waals surface area contributed by atoms with Gasteiger partial charge in [-0.15, -0.1) is 5.06 Å². The number of rotatable bonds is 5. The number of carbonyl (C=O) groups excluding carboxylic acids is 2. The normalized spacial score (nSPS) is 19.5. The van der Waals surface area contributed by atoms with Crippen molar-refractivity contribution in [2.75, 3.05) is 18.9 Å². The minimum atomic E-state index is -0.643. The summed E-state index contributed by atoms with van der Waals surface area (Å²) in [7, 11) is 0. The minimum Gasteiger partial charge on any atom is -0.394 e. The number of aldehydes is 1. The largest absolute Gasteiger partial charge is 0.394 e. The molecule has 0 spiro atoms. The van der Waals surface area contributed by atoms with Crippen molar-refractivity contribution >= 4 is 18.1 Å². The van der Waals surface area contributed by atoms with Gasteiger partial charge in [-0.1, -0.05) is 0 Å². The van der Waals surface area contributed by atoms with Gasteiger partial charge in [0.05, 0.1) is 19.3 Å². The SMILES string of the molecule is Nc1c(C(=O)ON2CCC[C@H]2C=O)cnn1CCO. The van der Waals surface area contributed by atoms with E-state index >= 15 is 0 Å². The van der Waals surface area contributed by atoms with E-state index in [9.17, 15) is 9.59 Å². The monoisotopic (exact) mass is 268 g/mol. The third kappa shape index (κ3) is 2.74. The molecule has 2 rings (SSSR count). The van der Waals surface area contributed by atoms with Crippen molar-refractivity contribution in [2.45, 2.75) is 25.4 Å². The fourth-order valence-electron chi connectivity index (χ4n) is 2.00. The molecule has 0 amide bonds. The molecule has 0 bridgehead atoms. The van der Waals surface area contributed by atoms with E-state index in [0.717, 1.165) is 12.7 Å². The number of nitrogen functional groups attached to an aromatic ring is 1. The molecule has 0 radical (unpaired) electrons. The minimum absolute atomic E-state index is 0.125. The molecule has 8 heteroatoms. The standard InChI is InChI=1S/C11H16N4O4/c12-10-9(6-13-14(10)4-5-16)11(18)19-15-3-1-2-8(15)7-17/h6-8,16H,1-5,12H2/t8-/m0/s1. The summed E-state index contributed by atoms with van der Waals surface area (Å²) in [5.41, 5.74) is 5.86. The molecule has 0 aromatic carbocycles. The number of hydrogen-bond donors (Lipinski definition) is 2. The zero-order valence-electron chi connectivity index (χ0n) is 10.4. The number of nitrogens with two attached hydrogens (primary N) is 1. The van der Waals surface area contributed by atoms with Crippen molar-refractivity contribution in [1.29, 1.82) is 0 Å². The van der Waals surface area contributed by atoms with Crippen LogP contribution >= 0.6 is 0 Å². The van der Waals surface area contributed by atoms with Gasteiger partial charge in [-0.25, -0.2) is 9.48 Å². The second kappa shape index (κ2) is 5.81. The second-order valence-electron chi connectivity index (χ2n) is 4.26. The lowest BCUT2D eigenvalue weighted by Crippen LogP contribution is -2.33. The van der Waals surface area contributed by atoms with Gasteiger partial charge in [0.15, 0.2) is 0 Å². The number of carbonyl (C=O) groups is 2. The van der Waals surface area contributed by atoms with Crippen molar-refractivity contribution in [3.05, 3.63) is 11.8 Å². The highest BCUT2D eigenvalue weighted by atomic mass is 16.7. The number of hydrogen-bond acceptors (Lipinski definition) is 7. The van der Waals surface area contributed by atoms with Crippen LogP contribution in [0.2, 0.25) is 0 Å². The van der Waals surface area contributed by atoms with E-state index < -0.39 is 12.0 Å². The smallest absolute Gasteiger partial charge is 0.362 e. The number of anilines is 1. The van der Waals surface area contributed by atoms with E-state index in [1.807, 2.05) is 0 Å². The topological polar surface area (TPSA) is 111 Å². The summed E-state index contributed by atoms with van der Waals surface area (Å²) >= 11 is 0. The van der Waals surface area contributed by atoms with E-state index in [-0.39, 0.29) is 24.5 Å². The predicted molar refractivity (Wildman–Crippen MR) is 64.9 cm³/mol. The lowest BCUT2D eigenvalue weighted by Gasteiger charge is -2.18. The average molecular weight is 268 g/mol. The first-order chi connectivity index (χ1) is 9.17. The number of aliphatic hydroxyl groups excluding tert-OH is 1. The van der Waals surface area contributed by atoms with E-state index in [1.54, 1.807) is 0 Å². The number of nitrogens with zero attached hydrogens (tertiary/aromatic N) is 3. The lowest BCUT2D eigenvalue weighted by molar-refractivity contribution is -0.136. The molecule has 0 unspecified atom stereocenters. The Morgan fingerprint density at radius 3 is 3.16 bits per heavy atom. The average Bonchev–Trinajstić information content (AvgIpc) is 2.98. The summed E-state index contributed by atoms with van der Waals surface area (Å²) in [5.74, 6) is -0.503. The van der Waals surface area contributed by atoms with Gasteiger partial charge in [0.2, 0.25) is 0 Å². The first-order valence-electron chi connectivity index (χ1n) is 6.03. The molecule has 2 heterocycles. The van der Waals surface area contributed by atoms with Gasteiger partial charge in [-0.3, -0.25) is 0 Å². The fourth-order valence-corrected chi connectivity index (χ4v) is 2.00. The third-order valence-corrected chi connectivity index (χ3v) is 3.02. The van der Waals surface area contributed by atoms with Crippen molar-refractivity contribution < 1.29 is 19.5 Å². The molecule has 1 atom stereocenters. The van der Waals surface area contributed by atoms with Gasteiger partial charge in [-0.05, 0) is 12.8 Å².